The van der Waals surface area contributed by atoms with E-state index >= 15 is 0 Å². The Hall–Kier alpha value is -2.80. The predicted molar refractivity (Wildman–Crippen MR) is 103 cm³/mol. The second-order valence-corrected chi connectivity index (χ2v) is 6.73. The van der Waals surface area contributed by atoms with E-state index in [0.717, 1.165) is 5.56 Å². The molecular formula is C20H25N3O4. The maximum absolute atomic E-state index is 12.4. The Morgan fingerprint density at radius 3 is 2.56 bits per heavy atom. The van der Waals surface area contributed by atoms with Gasteiger partial charge in [0.2, 0.25) is 5.88 Å². The van der Waals surface area contributed by atoms with Gasteiger partial charge in [-0.3, -0.25) is 0 Å². The zero-order valence-corrected chi connectivity index (χ0v) is 16.1. The molecule has 2 aromatic rings. The van der Waals surface area contributed by atoms with Gasteiger partial charge in [0.15, 0.2) is 11.5 Å². The number of ether oxygens (including phenoxy) is 3. The van der Waals surface area contributed by atoms with Crippen LogP contribution in [0.15, 0.2) is 36.5 Å². The Balaban J connectivity index is 1.63. The van der Waals surface area contributed by atoms with Gasteiger partial charge in [0, 0.05) is 19.2 Å². The lowest BCUT2D eigenvalue weighted by Gasteiger charge is -2.35. The number of benzene rings is 1. The predicted octanol–water partition coefficient (Wildman–Crippen LogP) is 3.83. The lowest BCUT2D eigenvalue weighted by atomic mass is 10.2. The molecule has 1 N–H and O–H groups in total. The first-order valence-corrected chi connectivity index (χ1v) is 8.94. The zero-order chi connectivity index (χ0) is 19.4. The number of nitrogens with one attached hydrogen (secondary N) is 1. The normalized spacial score (nSPS) is 19.5. The highest BCUT2D eigenvalue weighted by Gasteiger charge is 2.25. The summed E-state index contributed by atoms with van der Waals surface area (Å²) in [4.78, 5) is 18.4. The molecule has 0 spiro atoms. The number of morpholine rings is 1. The smallest absolute Gasteiger partial charge is 0.322 e. The highest BCUT2D eigenvalue weighted by atomic mass is 16.5. The number of amides is 2. The van der Waals surface area contributed by atoms with Crippen molar-refractivity contribution in [3.05, 3.63) is 42.1 Å². The lowest BCUT2D eigenvalue weighted by molar-refractivity contribution is -0.0530. The number of anilines is 1. The van der Waals surface area contributed by atoms with Crippen LogP contribution in [-0.4, -0.2) is 48.3 Å². The number of pyridine rings is 1. The second kappa shape index (κ2) is 8.26. The van der Waals surface area contributed by atoms with Crippen LogP contribution in [-0.2, 0) is 4.74 Å². The largest absolute Gasteiger partial charge is 0.493 e. The minimum atomic E-state index is -0.160. The van der Waals surface area contributed by atoms with E-state index in [-0.39, 0.29) is 18.2 Å². The molecule has 0 radical (unpaired) electrons. The van der Waals surface area contributed by atoms with E-state index in [0.29, 0.717) is 36.2 Å². The molecule has 1 aromatic carbocycles. The molecule has 1 saturated heterocycles. The van der Waals surface area contributed by atoms with Crippen LogP contribution in [0.25, 0.3) is 0 Å². The summed E-state index contributed by atoms with van der Waals surface area (Å²) in [6, 6.07) is 8.98. The molecule has 0 aliphatic carbocycles. The van der Waals surface area contributed by atoms with Gasteiger partial charge in [-0.05, 0) is 44.5 Å². The standard InChI is InChI=1S/C20H25N3O4/c1-13-5-7-17(18(9-13)25-4)27-19-8-6-16(10-21-19)22-20(24)23-11-14(2)26-15(3)12-23/h5-10,14-15H,11-12H2,1-4H3,(H,22,24)/t14-,15+. The summed E-state index contributed by atoms with van der Waals surface area (Å²) >= 11 is 0. The Morgan fingerprint density at radius 2 is 1.93 bits per heavy atom. The average Bonchev–Trinajstić information content (AvgIpc) is 2.64. The summed E-state index contributed by atoms with van der Waals surface area (Å²) in [6.07, 6.45) is 1.62. The molecule has 7 nitrogen and oxygen atoms in total. The molecule has 1 aliphatic heterocycles. The summed E-state index contributed by atoms with van der Waals surface area (Å²) < 4.78 is 16.8. The van der Waals surface area contributed by atoms with Crippen molar-refractivity contribution in [2.75, 3.05) is 25.5 Å². The highest BCUT2D eigenvalue weighted by molar-refractivity contribution is 5.89. The summed E-state index contributed by atoms with van der Waals surface area (Å²) in [5.74, 6) is 1.65. The first kappa shape index (κ1) is 19.0. The van der Waals surface area contributed by atoms with Gasteiger partial charge in [0.1, 0.15) is 0 Å². The van der Waals surface area contributed by atoms with Gasteiger partial charge >= 0.3 is 6.03 Å². The highest BCUT2D eigenvalue weighted by Crippen LogP contribution is 2.31. The van der Waals surface area contributed by atoms with Gasteiger partial charge in [-0.25, -0.2) is 9.78 Å². The Kier molecular flexibility index (Phi) is 5.81. The molecule has 3 rings (SSSR count). The van der Waals surface area contributed by atoms with Crippen molar-refractivity contribution in [1.82, 2.24) is 9.88 Å². The fourth-order valence-corrected chi connectivity index (χ4v) is 3.03. The maximum Gasteiger partial charge on any atom is 0.322 e. The van der Waals surface area contributed by atoms with Gasteiger partial charge in [0.05, 0.1) is 31.2 Å². The number of carbonyl (C=O) groups excluding carboxylic acids is 1. The molecule has 0 saturated carbocycles. The first-order valence-electron chi connectivity index (χ1n) is 8.94. The molecule has 1 fully saturated rings. The molecule has 2 heterocycles. The third-order valence-corrected chi connectivity index (χ3v) is 4.23. The van der Waals surface area contributed by atoms with Crippen LogP contribution in [0.2, 0.25) is 0 Å². The molecule has 2 amide bonds. The molecular weight excluding hydrogens is 346 g/mol. The second-order valence-electron chi connectivity index (χ2n) is 6.73. The van der Waals surface area contributed by atoms with Crippen molar-refractivity contribution >= 4 is 11.7 Å². The number of hydrogen-bond donors (Lipinski definition) is 1. The lowest BCUT2D eigenvalue weighted by Crippen LogP contribution is -2.49. The topological polar surface area (TPSA) is 72.9 Å². The minimum Gasteiger partial charge on any atom is -0.493 e. The van der Waals surface area contributed by atoms with Gasteiger partial charge in [-0.2, -0.15) is 0 Å². The van der Waals surface area contributed by atoms with Crippen LogP contribution in [0.3, 0.4) is 0 Å². The molecule has 1 aromatic heterocycles. The van der Waals surface area contributed by atoms with Crippen molar-refractivity contribution in [3.63, 3.8) is 0 Å². The fraction of sp³-hybridized carbons (Fsp3) is 0.400. The molecule has 0 bridgehead atoms. The molecule has 7 heteroatoms. The number of methoxy groups -OCH3 is 1. The SMILES string of the molecule is COc1cc(C)ccc1Oc1ccc(NC(=O)N2C[C@@H](C)O[C@@H](C)C2)cn1. The third-order valence-electron chi connectivity index (χ3n) is 4.23. The van der Waals surface area contributed by atoms with E-state index in [9.17, 15) is 4.79 Å². The van der Waals surface area contributed by atoms with Gasteiger partial charge in [-0.15, -0.1) is 0 Å². The Bertz CT molecular complexity index is 784. The fourth-order valence-electron chi connectivity index (χ4n) is 3.03. The van der Waals surface area contributed by atoms with Gasteiger partial charge < -0.3 is 24.4 Å². The van der Waals surface area contributed by atoms with Crippen LogP contribution in [0.1, 0.15) is 19.4 Å². The number of urea groups is 1. The van der Waals surface area contributed by atoms with Crippen molar-refractivity contribution in [3.8, 4) is 17.4 Å². The maximum atomic E-state index is 12.4. The summed E-state index contributed by atoms with van der Waals surface area (Å²) in [6.45, 7) is 7.04. The van der Waals surface area contributed by atoms with E-state index < -0.39 is 0 Å². The summed E-state index contributed by atoms with van der Waals surface area (Å²) in [7, 11) is 1.60. The molecule has 1 aliphatic rings. The van der Waals surface area contributed by atoms with Crippen molar-refractivity contribution in [2.24, 2.45) is 0 Å². The quantitative estimate of drug-likeness (QED) is 0.884. The van der Waals surface area contributed by atoms with Crippen LogP contribution < -0.4 is 14.8 Å². The van der Waals surface area contributed by atoms with E-state index in [2.05, 4.69) is 10.3 Å². The number of aromatic nitrogens is 1. The van der Waals surface area contributed by atoms with Crippen LogP contribution >= 0.6 is 0 Å². The number of carbonyl (C=O) groups is 1. The first-order chi connectivity index (χ1) is 12.9. The monoisotopic (exact) mass is 371 g/mol. The van der Waals surface area contributed by atoms with Crippen LogP contribution in [0.4, 0.5) is 10.5 Å². The molecule has 144 valence electrons. The van der Waals surface area contributed by atoms with Crippen LogP contribution in [0.5, 0.6) is 17.4 Å². The van der Waals surface area contributed by atoms with E-state index in [1.807, 2.05) is 39.0 Å². The number of aryl methyl sites for hydroxylation is 1. The number of rotatable bonds is 4. The average molecular weight is 371 g/mol. The van der Waals surface area contributed by atoms with E-state index in [1.165, 1.54) is 0 Å². The summed E-state index contributed by atoms with van der Waals surface area (Å²) in [5.41, 5.74) is 1.69. The van der Waals surface area contributed by atoms with Crippen LogP contribution in [0, 0.1) is 6.92 Å². The molecule has 0 unspecified atom stereocenters. The Morgan fingerprint density at radius 1 is 1.19 bits per heavy atom. The third kappa shape index (κ3) is 4.89. The van der Waals surface area contributed by atoms with E-state index in [4.69, 9.17) is 14.2 Å². The summed E-state index contributed by atoms with van der Waals surface area (Å²) in [5, 5.41) is 2.86. The van der Waals surface area contributed by atoms with Gasteiger partial charge in [-0.1, -0.05) is 6.07 Å². The van der Waals surface area contributed by atoms with Gasteiger partial charge in [0.25, 0.3) is 0 Å². The van der Waals surface area contributed by atoms with Crippen molar-refractivity contribution in [1.29, 1.82) is 0 Å². The van der Waals surface area contributed by atoms with Crippen molar-refractivity contribution in [2.45, 2.75) is 33.0 Å². The van der Waals surface area contributed by atoms with E-state index in [1.54, 1.807) is 30.3 Å². The molecule has 27 heavy (non-hydrogen) atoms. The Labute approximate surface area is 159 Å². The zero-order valence-electron chi connectivity index (χ0n) is 16.1. The molecule has 2 atom stereocenters. The number of nitrogens with zero attached hydrogens (tertiary/aromatic N) is 2. The van der Waals surface area contributed by atoms with Crippen molar-refractivity contribution < 1.29 is 19.0 Å². The minimum absolute atomic E-state index is 0.0258. The number of hydrogen-bond acceptors (Lipinski definition) is 5.